The van der Waals surface area contributed by atoms with Crippen LogP contribution >= 0.6 is 11.6 Å². The highest BCUT2D eigenvalue weighted by Gasteiger charge is 2.15. The molecular weight excluding hydrogens is 389 g/mol. The molecule has 29 heavy (non-hydrogen) atoms. The Morgan fingerprint density at radius 1 is 0.897 bits per heavy atom. The van der Waals surface area contributed by atoms with E-state index in [0.29, 0.717) is 23.7 Å². The number of hydrogen-bond donors (Lipinski definition) is 1. The summed E-state index contributed by atoms with van der Waals surface area (Å²) in [5, 5.41) is 12.9. The van der Waals surface area contributed by atoms with Crippen molar-refractivity contribution in [3.8, 4) is 11.3 Å². The van der Waals surface area contributed by atoms with E-state index in [1.54, 1.807) is 18.3 Å². The molecule has 4 aromatic rings. The van der Waals surface area contributed by atoms with Crippen LogP contribution in [0.25, 0.3) is 11.3 Å². The molecule has 7 heteroatoms. The van der Waals surface area contributed by atoms with Crippen LogP contribution in [-0.4, -0.2) is 20.0 Å². The minimum atomic E-state index is -0.370. The second-order valence-corrected chi connectivity index (χ2v) is 6.92. The van der Waals surface area contributed by atoms with Crippen LogP contribution in [0.15, 0.2) is 72.9 Å². The lowest BCUT2D eigenvalue weighted by atomic mass is 10.1. The summed E-state index contributed by atoms with van der Waals surface area (Å²) in [6, 6.07) is 20.2. The normalized spacial score (nSPS) is 11.0. The minimum absolute atomic E-state index is 0.158. The zero-order valence-corrected chi connectivity index (χ0v) is 16.4. The Bertz CT molecular complexity index is 1060. The SMILES string of the molecule is Fc1cccc(Cl)c1Cn1nc(CNCc2ccccn2)c(-c2ccccc2)n1. The number of hydrogen-bond acceptors (Lipinski definition) is 4. The molecule has 4 rings (SSSR count). The molecule has 2 heterocycles. The van der Waals surface area contributed by atoms with Gasteiger partial charge in [0.2, 0.25) is 0 Å². The molecule has 0 saturated heterocycles. The van der Waals surface area contributed by atoms with Crippen LogP contribution in [0.1, 0.15) is 17.0 Å². The number of pyridine rings is 1. The fourth-order valence-corrected chi connectivity index (χ4v) is 3.25. The van der Waals surface area contributed by atoms with Gasteiger partial charge < -0.3 is 5.32 Å². The van der Waals surface area contributed by atoms with E-state index in [0.717, 1.165) is 22.6 Å². The van der Waals surface area contributed by atoms with E-state index in [1.165, 1.54) is 10.9 Å². The predicted octanol–water partition coefficient (Wildman–Crippen LogP) is 4.47. The fraction of sp³-hybridized carbons (Fsp3) is 0.136. The molecule has 0 spiro atoms. The third kappa shape index (κ3) is 4.67. The van der Waals surface area contributed by atoms with Crippen LogP contribution in [0.2, 0.25) is 5.02 Å². The summed E-state index contributed by atoms with van der Waals surface area (Å²) in [6.45, 7) is 1.28. The van der Waals surface area contributed by atoms with Crippen LogP contribution in [-0.2, 0) is 19.6 Å². The lowest BCUT2D eigenvalue weighted by Gasteiger charge is -2.05. The summed E-state index contributed by atoms with van der Waals surface area (Å²) >= 11 is 6.17. The summed E-state index contributed by atoms with van der Waals surface area (Å²) in [5.41, 5.74) is 3.80. The van der Waals surface area contributed by atoms with E-state index in [2.05, 4.69) is 20.5 Å². The first-order valence-corrected chi connectivity index (χ1v) is 9.61. The molecule has 0 radical (unpaired) electrons. The molecule has 146 valence electrons. The van der Waals surface area contributed by atoms with E-state index in [1.807, 2.05) is 48.5 Å². The van der Waals surface area contributed by atoms with Gasteiger partial charge in [0, 0.05) is 35.4 Å². The highest BCUT2D eigenvalue weighted by atomic mass is 35.5. The van der Waals surface area contributed by atoms with E-state index >= 15 is 0 Å². The highest BCUT2D eigenvalue weighted by molar-refractivity contribution is 6.31. The summed E-state index contributed by atoms with van der Waals surface area (Å²) < 4.78 is 14.2. The zero-order valence-electron chi connectivity index (χ0n) is 15.6. The van der Waals surface area contributed by atoms with Crippen molar-refractivity contribution < 1.29 is 4.39 Å². The topological polar surface area (TPSA) is 55.6 Å². The first-order valence-electron chi connectivity index (χ1n) is 9.23. The van der Waals surface area contributed by atoms with Gasteiger partial charge in [-0.3, -0.25) is 4.98 Å². The van der Waals surface area contributed by atoms with Gasteiger partial charge in [-0.15, -0.1) is 0 Å². The molecule has 0 saturated carbocycles. The second kappa shape index (κ2) is 8.94. The third-order valence-electron chi connectivity index (χ3n) is 4.46. The highest BCUT2D eigenvalue weighted by Crippen LogP contribution is 2.23. The van der Waals surface area contributed by atoms with E-state index in [9.17, 15) is 4.39 Å². The van der Waals surface area contributed by atoms with Gasteiger partial charge >= 0.3 is 0 Å². The van der Waals surface area contributed by atoms with Gasteiger partial charge in [0.15, 0.2) is 0 Å². The summed E-state index contributed by atoms with van der Waals surface area (Å²) in [6.07, 6.45) is 1.76. The second-order valence-electron chi connectivity index (χ2n) is 6.52. The van der Waals surface area contributed by atoms with Crippen molar-refractivity contribution in [1.29, 1.82) is 0 Å². The van der Waals surface area contributed by atoms with Crippen molar-refractivity contribution in [2.75, 3.05) is 0 Å². The molecule has 1 N–H and O–H groups in total. The van der Waals surface area contributed by atoms with Crippen LogP contribution in [0, 0.1) is 5.82 Å². The third-order valence-corrected chi connectivity index (χ3v) is 4.81. The molecule has 0 aliphatic heterocycles. The summed E-state index contributed by atoms with van der Waals surface area (Å²) in [4.78, 5) is 5.80. The average molecular weight is 408 g/mol. The number of nitrogens with zero attached hydrogens (tertiary/aromatic N) is 4. The maximum Gasteiger partial charge on any atom is 0.129 e. The average Bonchev–Trinajstić information content (AvgIpc) is 3.15. The Balaban J connectivity index is 1.59. The number of benzene rings is 2. The molecular formula is C22H19ClFN5. The largest absolute Gasteiger partial charge is 0.305 e. The van der Waals surface area contributed by atoms with Gasteiger partial charge in [0.25, 0.3) is 0 Å². The predicted molar refractivity (Wildman–Crippen MR) is 111 cm³/mol. The van der Waals surface area contributed by atoms with E-state index in [4.69, 9.17) is 11.6 Å². The molecule has 0 fully saturated rings. The number of halogens is 2. The molecule has 0 bridgehead atoms. The van der Waals surface area contributed by atoms with Crippen LogP contribution in [0.3, 0.4) is 0 Å². The maximum atomic E-state index is 14.2. The lowest BCUT2D eigenvalue weighted by Crippen LogP contribution is -2.15. The quantitative estimate of drug-likeness (QED) is 0.491. The molecule has 5 nitrogen and oxygen atoms in total. The Labute approximate surface area is 173 Å². The molecule has 0 atom stereocenters. The number of rotatable bonds is 7. The van der Waals surface area contributed by atoms with Gasteiger partial charge in [-0.25, -0.2) is 4.39 Å². The zero-order chi connectivity index (χ0) is 20.1. The van der Waals surface area contributed by atoms with Gasteiger partial charge in [0.05, 0.1) is 12.2 Å². The monoisotopic (exact) mass is 407 g/mol. The van der Waals surface area contributed by atoms with Gasteiger partial charge in [-0.1, -0.05) is 54.1 Å². The number of aromatic nitrogens is 4. The first kappa shape index (κ1) is 19.2. The van der Waals surface area contributed by atoms with Crippen molar-refractivity contribution in [3.63, 3.8) is 0 Å². The first-order chi connectivity index (χ1) is 14.2. The van der Waals surface area contributed by atoms with Crippen molar-refractivity contribution in [1.82, 2.24) is 25.3 Å². The van der Waals surface area contributed by atoms with Crippen molar-refractivity contribution in [3.05, 3.63) is 101 Å². The molecule has 2 aromatic heterocycles. The van der Waals surface area contributed by atoms with Crippen molar-refractivity contribution in [2.45, 2.75) is 19.6 Å². The Kier molecular flexibility index (Phi) is 5.93. The van der Waals surface area contributed by atoms with Crippen molar-refractivity contribution >= 4 is 11.6 Å². The van der Waals surface area contributed by atoms with E-state index in [-0.39, 0.29) is 12.4 Å². The lowest BCUT2D eigenvalue weighted by molar-refractivity contribution is 0.542. The summed E-state index contributed by atoms with van der Waals surface area (Å²) in [5.74, 6) is -0.370. The van der Waals surface area contributed by atoms with Gasteiger partial charge in [-0.2, -0.15) is 15.0 Å². The van der Waals surface area contributed by atoms with E-state index < -0.39 is 0 Å². The molecule has 0 unspecified atom stereocenters. The van der Waals surface area contributed by atoms with Crippen LogP contribution in [0.5, 0.6) is 0 Å². The maximum absolute atomic E-state index is 14.2. The van der Waals surface area contributed by atoms with Crippen LogP contribution in [0.4, 0.5) is 4.39 Å². The number of nitrogens with one attached hydrogen (secondary N) is 1. The minimum Gasteiger partial charge on any atom is -0.305 e. The van der Waals surface area contributed by atoms with Gasteiger partial charge in [-0.05, 0) is 24.3 Å². The molecule has 0 aliphatic carbocycles. The van der Waals surface area contributed by atoms with Gasteiger partial charge in [0.1, 0.15) is 17.2 Å². The Morgan fingerprint density at radius 3 is 2.48 bits per heavy atom. The smallest absolute Gasteiger partial charge is 0.129 e. The molecule has 0 aliphatic rings. The Morgan fingerprint density at radius 2 is 1.72 bits per heavy atom. The fourth-order valence-electron chi connectivity index (χ4n) is 3.03. The molecule has 0 amide bonds. The summed E-state index contributed by atoms with van der Waals surface area (Å²) in [7, 11) is 0. The van der Waals surface area contributed by atoms with Crippen LogP contribution < -0.4 is 5.32 Å². The standard InChI is InChI=1S/C22H19ClFN5/c23-19-10-6-11-20(24)18(19)15-29-27-21(14-25-13-17-9-4-5-12-26-17)22(28-29)16-7-2-1-3-8-16/h1-12,25H,13-15H2. The molecule has 2 aromatic carbocycles. The Hall–Kier alpha value is -3.09. The van der Waals surface area contributed by atoms with Crippen molar-refractivity contribution in [2.24, 2.45) is 0 Å².